The van der Waals surface area contributed by atoms with Crippen molar-refractivity contribution in [2.45, 2.75) is 58.5 Å². The lowest BCUT2D eigenvalue weighted by Crippen LogP contribution is -2.39. The SMILES string of the molecule is CCc1c(-c2cccc(C(F)(F)F)c2OCc2ccc3c(c2C)CCN(C2CCOC2)C3)cccc1-n1ncc(C(=O)O)c1OC. The molecule has 1 fully saturated rings. The third kappa shape index (κ3) is 5.85. The minimum absolute atomic E-state index is 0.0162. The number of rotatable bonds is 9. The highest BCUT2D eigenvalue weighted by Gasteiger charge is 2.36. The van der Waals surface area contributed by atoms with Crippen molar-refractivity contribution in [3.8, 4) is 28.4 Å². The number of carboxylic acids is 1. The number of carboxylic acid groups (broad SMARTS) is 1. The van der Waals surface area contributed by atoms with Crippen LogP contribution in [0.15, 0.2) is 54.7 Å². The maximum Gasteiger partial charge on any atom is 0.419 e. The van der Waals surface area contributed by atoms with Crippen LogP contribution in [-0.2, 0) is 36.9 Å². The quantitative estimate of drug-likeness (QED) is 0.215. The van der Waals surface area contributed by atoms with Crippen LogP contribution in [0.5, 0.6) is 11.6 Å². The van der Waals surface area contributed by atoms with Crippen LogP contribution in [0.3, 0.4) is 0 Å². The topological polar surface area (TPSA) is 86.1 Å². The highest BCUT2D eigenvalue weighted by atomic mass is 19.4. The van der Waals surface area contributed by atoms with E-state index in [1.54, 1.807) is 24.3 Å². The zero-order chi connectivity index (χ0) is 32.6. The van der Waals surface area contributed by atoms with Gasteiger partial charge < -0.3 is 19.3 Å². The number of nitrogens with zero attached hydrogens (tertiary/aromatic N) is 3. The van der Waals surface area contributed by atoms with Crippen molar-refractivity contribution in [1.29, 1.82) is 0 Å². The molecule has 8 nitrogen and oxygen atoms in total. The molecule has 4 aromatic rings. The van der Waals surface area contributed by atoms with E-state index in [0.29, 0.717) is 29.3 Å². The minimum Gasteiger partial charge on any atom is -0.488 e. The van der Waals surface area contributed by atoms with Crippen LogP contribution in [0.2, 0.25) is 0 Å². The first-order valence-corrected chi connectivity index (χ1v) is 15.3. The van der Waals surface area contributed by atoms with Crippen molar-refractivity contribution in [3.63, 3.8) is 0 Å². The number of hydrogen-bond donors (Lipinski definition) is 1. The lowest BCUT2D eigenvalue weighted by atomic mass is 9.91. The van der Waals surface area contributed by atoms with Gasteiger partial charge in [0.25, 0.3) is 0 Å². The van der Waals surface area contributed by atoms with Crippen molar-refractivity contribution >= 4 is 5.97 Å². The first-order chi connectivity index (χ1) is 22.1. The van der Waals surface area contributed by atoms with Gasteiger partial charge in [0.2, 0.25) is 5.88 Å². The summed E-state index contributed by atoms with van der Waals surface area (Å²) in [7, 11) is 1.34. The van der Waals surface area contributed by atoms with Crippen molar-refractivity contribution in [2.75, 3.05) is 26.9 Å². The number of hydrogen-bond acceptors (Lipinski definition) is 6. The summed E-state index contributed by atoms with van der Waals surface area (Å²) in [5, 5.41) is 13.8. The van der Waals surface area contributed by atoms with E-state index in [0.717, 1.165) is 56.3 Å². The lowest BCUT2D eigenvalue weighted by molar-refractivity contribution is -0.139. The predicted octanol–water partition coefficient (Wildman–Crippen LogP) is 6.86. The van der Waals surface area contributed by atoms with Crippen LogP contribution in [0, 0.1) is 6.92 Å². The van der Waals surface area contributed by atoms with Crippen LogP contribution < -0.4 is 9.47 Å². The molecule has 0 aliphatic carbocycles. The maximum absolute atomic E-state index is 14.5. The average Bonchev–Trinajstić information content (AvgIpc) is 3.74. The molecule has 0 bridgehead atoms. The van der Waals surface area contributed by atoms with Crippen LogP contribution in [-0.4, -0.2) is 58.7 Å². The number of aromatic carboxylic acids is 1. The van der Waals surface area contributed by atoms with E-state index in [9.17, 15) is 23.1 Å². The molecule has 1 aromatic heterocycles. The summed E-state index contributed by atoms with van der Waals surface area (Å²) in [5.41, 5.74) is 5.32. The molecule has 1 saturated heterocycles. The Balaban J connectivity index is 1.37. The van der Waals surface area contributed by atoms with Gasteiger partial charge in [-0.3, -0.25) is 4.90 Å². The maximum atomic E-state index is 14.5. The molecule has 6 rings (SSSR count). The molecule has 11 heteroatoms. The molecule has 242 valence electrons. The van der Waals surface area contributed by atoms with Gasteiger partial charge in [-0.25, -0.2) is 9.48 Å². The standard InChI is InChI=1S/C35H36F3N3O5/c1-4-25-27(7-6-10-31(25)41-33(44-3)29(17-39-41)34(42)43)28-8-5-9-30(35(36,37)38)32(28)46-19-23-12-11-22-18-40(24-14-16-45-20-24)15-13-26(22)21(23)2/h5-12,17,24H,4,13-16,18-20H2,1-3H3,(H,42,43). The number of carbonyl (C=O) groups is 1. The molecule has 2 aliphatic heterocycles. The van der Waals surface area contributed by atoms with Crippen LogP contribution in [0.25, 0.3) is 16.8 Å². The molecule has 0 amide bonds. The van der Waals surface area contributed by atoms with E-state index in [1.165, 1.54) is 35.2 Å². The van der Waals surface area contributed by atoms with Crippen molar-refractivity contribution in [1.82, 2.24) is 14.7 Å². The monoisotopic (exact) mass is 635 g/mol. The van der Waals surface area contributed by atoms with Gasteiger partial charge in [0, 0.05) is 31.3 Å². The Bertz CT molecular complexity index is 1760. The van der Waals surface area contributed by atoms with Gasteiger partial charge >= 0.3 is 12.1 Å². The molecule has 0 radical (unpaired) electrons. The van der Waals surface area contributed by atoms with E-state index in [-0.39, 0.29) is 29.4 Å². The van der Waals surface area contributed by atoms with Gasteiger partial charge in [0.1, 0.15) is 17.9 Å². The molecule has 3 heterocycles. The second kappa shape index (κ2) is 12.8. The second-order valence-corrected chi connectivity index (χ2v) is 11.6. The van der Waals surface area contributed by atoms with Gasteiger partial charge in [-0.15, -0.1) is 0 Å². The Kier molecular flexibility index (Phi) is 8.80. The number of benzene rings is 3. The Labute approximate surface area is 265 Å². The molecule has 0 saturated carbocycles. The molecule has 1 N–H and O–H groups in total. The first kappa shape index (κ1) is 31.6. The molecule has 46 heavy (non-hydrogen) atoms. The van der Waals surface area contributed by atoms with Gasteiger partial charge in [0.15, 0.2) is 0 Å². The summed E-state index contributed by atoms with van der Waals surface area (Å²) in [6.07, 6.45) is -1.16. The van der Waals surface area contributed by atoms with E-state index in [4.69, 9.17) is 14.2 Å². The van der Waals surface area contributed by atoms with Crippen LogP contribution in [0.1, 0.15) is 57.1 Å². The van der Waals surface area contributed by atoms with E-state index in [2.05, 4.69) is 16.1 Å². The lowest BCUT2D eigenvalue weighted by Gasteiger charge is -2.34. The molecule has 0 spiro atoms. The minimum atomic E-state index is -4.66. The molecule has 2 aliphatic rings. The van der Waals surface area contributed by atoms with Crippen LogP contribution in [0.4, 0.5) is 13.2 Å². The van der Waals surface area contributed by atoms with E-state index in [1.807, 2.05) is 19.9 Å². The Hall–Kier alpha value is -4.35. The predicted molar refractivity (Wildman–Crippen MR) is 166 cm³/mol. The highest BCUT2D eigenvalue weighted by Crippen LogP contribution is 2.44. The number of fused-ring (bicyclic) bond motifs is 1. The van der Waals surface area contributed by atoms with Crippen molar-refractivity contribution in [2.24, 2.45) is 0 Å². The van der Waals surface area contributed by atoms with E-state index < -0.39 is 17.7 Å². The summed E-state index contributed by atoms with van der Waals surface area (Å²) in [4.78, 5) is 14.2. The third-order valence-corrected chi connectivity index (χ3v) is 9.12. The molecule has 1 unspecified atom stereocenters. The fourth-order valence-corrected chi connectivity index (χ4v) is 6.72. The van der Waals surface area contributed by atoms with E-state index >= 15 is 0 Å². The van der Waals surface area contributed by atoms with Crippen molar-refractivity contribution in [3.05, 3.63) is 93.7 Å². The highest BCUT2D eigenvalue weighted by molar-refractivity contribution is 5.90. The fourth-order valence-electron chi connectivity index (χ4n) is 6.72. The first-order valence-electron chi connectivity index (χ1n) is 15.3. The fraction of sp³-hybridized carbons (Fsp3) is 0.371. The normalized spacial score (nSPS) is 16.8. The number of methoxy groups -OCH3 is 1. The van der Waals surface area contributed by atoms with Gasteiger partial charge in [0.05, 0.1) is 31.2 Å². The summed E-state index contributed by atoms with van der Waals surface area (Å²) in [6, 6.07) is 13.6. The summed E-state index contributed by atoms with van der Waals surface area (Å²) in [5.74, 6) is -1.45. The summed E-state index contributed by atoms with van der Waals surface area (Å²) < 4.78 is 61.9. The smallest absolute Gasteiger partial charge is 0.419 e. The summed E-state index contributed by atoms with van der Waals surface area (Å²) >= 11 is 0. The van der Waals surface area contributed by atoms with Gasteiger partial charge in [-0.05, 0) is 71.7 Å². The zero-order valence-corrected chi connectivity index (χ0v) is 26.0. The molecule has 3 aromatic carbocycles. The Morgan fingerprint density at radius 3 is 2.61 bits per heavy atom. The van der Waals surface area contributed by atoms with Crippen molar-refractivity contribution < 1.29 is 37.3 Å². The number of alkyl halides is 3. The summed E-state index contributed by atoms with van der Waals surface area (Å²) in [6.45, 7) is 7.15. The number of halogens is 3. The number of aromatic nitrogens is 2. The Morgan fingerprint density at radius 2 is 1.91 bits per heavy atom. The number of para-hydroxylation sites is 1. The third-order valence-electron chi connectivity index (χ3n) is 9.12. The number of ether oxygens (including phenoxy) is 3. The molecular formula is C35H36F3N3O5. The molecular weight excluding hydrogens is 599 g/mol. The largest absolute Gasteiger partial charge is 0.488 e. The zero-order valence-electron chi connectivity index (χ0n) is 26.0. The molecule has 1 atom stereocenters. The second-order valence-electron chi connectivity index (χ2n) is 11.6. The van der Waals surface area contributed by atoms with Crippen LogP contribution >= 0.6 is 0 Å². The van der Waals surface area contributed by atoms with Gasteiger partial charge in [-0.2, -0.15) is 18.3 Å². The van der Waals surface area contributed by atoms with Gasteiger partial charge in [-0.1, -0.05) is 43.3 Å². The Morgan fingerprint density at radius 1 is 1.13 bits per heavy atom. The average molecular weight is 636 g/mol.